The average Bonchev–Trinajstić information content (AvgIpc) is 2.67. The number of nitrogens with one attached hydrogen (secondary N) is 1. The van der Waals surface area contributed by atoms with E-state index < -0.39 is 0 Å². The summed E-state index contributed by atoms with van der Waals surface area (Å²) in [6.45, 7) is 0.933. The van der Waals surface area contributed by atoms with E-state index in [-0.39, 0.29) is 6.04 Å². The van der Waals surface area contributed by atoms with E-state index in [2.05, 4.69) is 17.4 Å². The van der Waals surface area contributed by atoms with E-state index in [0.29, 0.717) is 5.25 Å². The van der Waals surface area contributed by atoms with E-state index in [9.17, 15) is 4.79 Å². The van der Waals surface area contributed by atoms with Crippen LogP contribution in [0, 0.1) is 0 Å². The molecule has 1 aromatic carbocycles. The maximum Gasteiger partial charge on any atom is 0.136 e. The van der Waals surface area contributed by atoms with Gasteiger partial charge in [0.05, 0.1) is 6.04 Å². The van der Waals surface area contributed by atoms with Crippen LogP contribution in [0.1, 0.15) is 6.42 Å². The van der Waals surface area contributed by atoms with E-state index in [1.54, 1.807) is 0 Å². The number of hydrogen-bond acceptors (Lipinski definition) is 3. The highest BCUT2D eigenvalue weighted by Gasteiger charge is 2.23. The minimum atomic E-state index is 0.0659. The largest absolute Gasteiger partial charge is 0.307 e. The first kappa shape index (κ1) is 9.74. The summed E-state index contributed by atoms with van der Waals surface area (Å²) < 4.78 is 0. The molecule has 2 nitrogen and oxygen atoms in total. The zero-order valence-corrected chi connectivity index (χ0v) is 8.67. The molecule has 2 atom stereocenters. The smallest absolute Gasteiger partial charge is 0.136 e. The fraction of sp³-hybridized carbons (Fsp3) is 0.364. The van der Waals surface area contributed by atoms with Crippen molar-refractivity contribution < 1.29 is 4.79 Å². The Hall–Kier alpha value is -0.800. The van der Waals surface area contributed by atoms with Gasteiger partial charge in [-0.2, -0.15) is 0 Å². The molecular weight excluding hydrogens is 194 g/mol. The minimum absolute atomic E-state index is 0.0659. The summed E-state index contributed by atoms with van der Waals surface area (Å²) in [5.41, 5.74) is 0. The molecule has 1 fully saturated rings. The van der Waals surface area contributed by atoms with Crippen molar-refractivity contribution in [3.8, 4) is 0 Å². The second kappa shape index (κ2) is 4.62. The summed E-state index contributed by atoms with van der Waals surface area (Å²) in [6.07, 6.45) is 1.95. The normalized spacial score (nSPS) is 26.3. The molecule has 0 amide bonds. The Morgan fingerprint density at radius 2 is 2.14 bits per heavy atom. The molecule has 0 radical (unpaired) electrons. The van der Waals surface area contributed by atoms with Crippen LogP contribution in [0.2, 0.25) is 0 Å². The quantitative estimate of drug-likeness (QED) is 0.765. The Morgan fingerprint density at radius 3 is 2.79 bits per heavy atom. The predicted molar refractivity (Wildman–Crippen MR) is 58.6 cm³/mol. The molecule has 2 rings (SSSR count). The van der Waals surface area contributed by atoms with Crippen molar-refractivity contribution in [2.45, 2.75) is 22.6 Å². The van der Waals surface area contributed by atoms with E-state index >= 15 is 0 Å². The molecule has 1 aliphatic rings. The van der Waals surface area contributed by atoms with Gasteiger partial charge in [-0.1, -0.05) is 18.2 Å². The van der Waals surface area contributed by atoms with Gasteiger partial charge in [0.1, 0.15) is 6.29 Å². The maximum atomic E-state index is 10.5. The van der Waals surface area contributed by atoms with Crippen LogP contribution in [0.15, 0.2) is 35.2 Å². The van der Waals surface area contributed by atoms with Crippen LogP contribution in [0.25, 0.3) is 0 Å². The Kier molecular flexibility index (Phi) is 3.22. The predicted octanol–water partition coefficient (Wildman–Crippen LogP) is 1.71. The minimum Gasteiger partial charge on any atom is -0.307 e. The van der Waals surface area contributed by atoms with E-state index in [1.165, 1.54) is 4.90 Å². The highest BCUT2D eigenvalue weighted by atomic mass is 32.2. The van der Waals surface area contributed by atoms with Gasteiger partial charge in [0.25, 0.3) is 0 Å². The van der Waals surface area contributed by atoms with E-state index in [4.69, 9.17) is 0 Å². The van der Waals surface area contributed by atoms with Crippen molar-refractivity contribution in [3.63, 3.8) is 0 Å². The molecule has 0 spiro atoms. The van der Waals surface area contributed by atoms with Crippen molar-refractivity contribution in [2.24, 2.45) is 0 Å². The number of carbonyl (C=O) groups is 1. The van der Waals surface area contributed by atoms with Crippen LogP contribution in [0.4, 0.5) is 0 Å². The SMILES string of the molecule is O=C[C@@H]1C[C@H](Sc2ccccc2)CN1. The van der Waals surface area contributed by atoms with Gasteiger partial charge >= 0.3 is 0 Å². The van der Waals surface area contributed by atoms with Crippen LogP contribution in [-0.4, -0.2) is 24.1 Å². The Balaban J connectivity index is 1.90. The summed E-state index contributed by atoms with van der Waals surface area (Å²) >= 11 is 1.85. The third kappa shape index (κ3) is 2.36. The summed E-state index contributed by atoms with van der Waals surface area (Å²) in [4.78, 5) is 11.8. The van der Waals surface area contributed by atoms with Gasteiger partial charge in [-0.05, 0) is 18.6 Å². The zero-order chi connectivity index (χ0) is 9.80. The lowest BCUT2D eigenvalue weighted by molar-refractivity contribution is -0.109. The lowest BCUT2D eigenvalue weighted by Crippen LogP contribution is -2.22. The topological polar surface area (TPSA) is 29.1 Å². The summed E-state index contributed by atoms with van der Waals surface area (Å²) in [5, 5.41) is 3.72. The van der Waals surface area contributed by atoms with Gasteiger partial charge in [0, 0.05) is 16.7 Å². The third-order valence-electron chi connectivity index (χ3n) is 2.33. The van der Waals surface area contributed by atoms with Gasteiger partial charge in [0.2, 0.25) is 0 Å². The third-order valence-corrected chi connectivity index (χ3v) is 3.57. The maximum absolute atomic E-state index is 10.5. The van der Waals surface area contributed by atoms with Gasteiger partial charge in [-0.15, -0.1) is 11.8 Å². The molecule has 0 aliphatic carbocycles. The standard InChI is InChI=1S/C11H13NOS/c13-8-9-6-11(7-12-9)14-10-4-2-1-3-5-10/h1-5,8-9,11-12H,6-7H2/t9-,11-/m0/s1. The van der Waals surface area contributed by atoms with Crippen LogP contribution in [-0.2, 0) is 4.79 Å². The lowest BCUT2D eigenvalue weighted by Gasteiger charge is -2.06. The molecule has 0 unspecified atom stereocenters. The molecule has 14 heavy (non-hydrogen) atoms. The van der Waals surface area contributed by atoms with Crippen LogP contribution in [0.3, 0.4) is 0 Å². The number of thioether (sulfide) groups is 1. The fourth-order valence-electron chi connectivity index (χ4n) is 1.62. The van der Waals surface area contributed by atoms with Gasteiger partial charge in [-0.25, -0.2) is 0 Å². The molecular formula is C11H13NOS. The van der Waals surface area contributed by atoms with Crippen molar-refractivity contribution in [3.05, 3.63) is 30.3 Å². The molecule has 74 valence electrons. The monoisotopic (exact) mass is 207 g/mol. The van der Waals surface area contributed by atoms with Gasteiger partial charge in [-0.3, -0.25) is 0 Å². The second-order valence-corrected chi connectivity index (χ2v) is 4.81. The second-order valence-electron chi connectivity index (χ2n) is 3.44. The molecule has 3 heteroatoms. The van der Waals surface area contributed by atoms with Crippen LogP contribution < -0.4 is 5.32 Å². The molecule has 1 aliphatic heterocycles. The molecule has 1 aromatic rings. The van der Waals surface area contributed by atoms with Crippen molar-refractivity contribution >= 4 is 18.0 Å². The number of hydrogen-bond donors (Lipinski definition) is 1. The first-order valence-electron chi connectivity index (χ1n) is 4.79. The molecule has 0 aromatic heterocycles. The fourth-order valence-corrected chi connectivity index (χ4v) is 2.80. The lowest BCUT2D eigenvalue weighted by atomic mass is 10.2. The molecule has 1 heterocycles. The number of rotatable bonds is 3. The highest BCUT2D eigenvalue weighted by molar-refractivity contribution is 8.00. The average molecular weight is 207 g/mol. The van der Waals surface area contributed by atoms with Crippen molar-refractivity contribution in [2.75, 3.05) is 6.54 Å². The van der Waals surface area contributed by atoms with Crippen molar-refractivity contribution in [1.29, 1.82) is 0 Å². The summed E-state index contributed by atoms with van der Waals surface area (Å²) in [5.74, 6) is 0. The highest BCUT2D eigenvalue weighted by Crippen LogP contribution is 2.27. The molecule has 0 saturated carbocycles. The Labute approximate surface area is 88.1 Å². The van der Waals surface area contributed by atoms with Gasteiger partial charge < -0.3 is 10.1 Å². The Bertz CT molecular complexity index is 301. The molecule has 0 bridgehead atoms. The van der Waals surface area contributed by atoms with Crippen LogP contribution in [0.5, 0.6) is 0 Å². The zero-order valence-electron chi connectivity index (χ0n) is 7.85. The summed E-state index contributed by atoms with van der Waals surface area (Å²) in [6, 6.07) is 10.4. The van der Waals surface area contributed by atoms with Crippen LogP contribution >= 0.6 is 11.8 Å². The number of aldehydes is 1. The van der Waals surface area contributed by atoms with E-state index in [0.717, 1.165) is 19.3 Å². The molecule has 1 saturated heterocycles. The number of benzene rings is 1. The first-order valence-corrected chi connectivity index (χ1v) is 5.67. The first-order chi connectivity index (χ1) is 6.88. The van der Waals surface area contributed by atoms with E-state index in [1.807, 2.05) is 30.0 Å². The molecule has 1 N–H and O–H groups in total. The number of carbonyl (C=O) groups excluding carboxylic acids is 1. The summed E-state index contributed by atoms with van der Waals surface area (Å²) in [7, 11) is 0. The van der Waals surface area contributed by atoms with Crippen molar-refractivity contribution in [1.82, 2.24) is 5.32 Å². The Morgan fingerprint density at radius 1 is 1.36 bits per heavy atom. The van der Waals surface area contributed by atoms with Gasteiger partial charge in [0.15, 0.2) is 0 Å².